The Morgan fingerprint density at radius 2 is 1.91 bits per heavy atom. The molecule has 0 aliphatic carbocycles. The van der Waals surface area contributed by atoms with Gasteiger partial charge in [0.25, 0.3) is 5.91 Å². The molecule has 1 fully saturated rings. The molecule has 1 aromatic rings. The lowest BCUT2D eigenvalue weighted by Gasteiger charge is -2.35. The van der Waals surface area contributed by atoms with Crippen LogP contribution < -0.4 is 5.32 Å². The van der Waals surface area contributed by atoms with E-state index in [1.165, 1.54) is 0 Å². The molecule has 1 aromatic carbocycles. The van der Waals surface area contributed by atoms with E-state index in [1.807, 2.05) is 13.8 Å². The number of hydrogen-bond acceptors (Lipinski definition) is 3. The van der Waals surface area contributed by atoms with Crippen molar-refractivity contribution in [3.05, 3.63) is 34.9 Å². The molecule has 120 valence electrons. The van der Waals surface area contributed by atoms with Crippen LogP contribution in [-0.4, -0.2) is 48.6 Å². The number of carbonyl (C=O) groups is 2. The molecule has 2 amide bonds. The van der Waals surface area contributed by atoms with Crippen molar-refractivity contribution in [2.45, 2.75) is 32.5 Å². The molecular formula is C16H21ClN2O3. The van der Waals surface area contributed by atoms with Crippen LogP contribution in [0.3, 0.4) is 0 Å². The van der Waals surface area contributed by atoms with E-state index in [-0.39, 0.29) is 30.4 Å². The molecule has 0 radical (unpaired) electrons. The molecule has 0 bridgehead atoms. The second-order valence-corrected chi connectivity index (χ2v) is 5.95. The van der Waals surface area contributed by atoms with Crippen LogP contribution in [0.5, 0.6) is 0 Å². The van der Waals surface area contributed by atoms with Crippen molar-refractivity contribution in [1.82, 2.24) is 10.2 Å². The quantitative estimate of drug-likeness (QED) is 0.922. The summed E-state index contributed by atoms with van der Waals surface area (Å²) in [5.41, 5.74) is 0.422. The van der Waals surface area contributed by atoms with Crippen molar-refractivity contribution in [3.63, 3.8) is 0 Å². The first-order valence-corrected chi connectivity index (χ1v) is 7.81. The van der Waals surface area contributed by atoms with E-state index in [9.17, 15) is 9.59 Å². The monoisotopic (exact) mass is 324 g/mol. The summed E-state index contributed by atoms with van der Waals surface area (Å²) in [6.45, 7) is 5.40. The van der Waals surface area contributed by atoms with Gasteiger partial charge in [0, 0.05) is 26.1 Å². The summed E-state index contributed by atoms with van der Waals surface area (Å²) in [5, 5.41) is 3.13. The zero-order chi connectivity index (χ0) is 16.1. The maximum atomic E-state index is 12.2. The molecule has 0 spiro atoms. The second-order valence-electron chi connectivity index (χ2n) is 5.54. The van der Waals surface area contributed by atoms with E-state index >= 15 is 0 Å². The third-order valence-electron chi connectivity index (χ3n) is 3.52. The zero-order valence-electron chi connectivity index (χ0n) is 12.8. The number of nitrogens with zero attached hydrogens (tertiary/aromatic N) is 1. The molecule has 0 unspecified atom stereocenters. The number of hydrogen-bond donors (Lipinski definition) is 1. The van der Waals surface area contributed by atoms with Crippen LogP contribution in [0.2, 0.25) is 5.02 Å². The summed E-state index contributed by atoms with van der Waals surface area (Å²) in [6.07, 6.45) is 0.367. The fourth-order valence-electron chi connectivity index (χ4n) is 2.56. The maximum absolute atomic E-state index is 12.2. The van der Waals surface area contributed by atoms with E-state index in [4.69, 9.17) is 16.3 Å². The van der Waals surface area contributed by atoms with Crippen molar-refractivity contribution in [2.24, 2.45) is 0 Å². The lowest BCUT2D eigenvalue weighted by atomic mass is 10.2. The number of carbonyl (C=O) groups excluding carboxylic acids is 2. The third-order valence-corrected chi connectivity index (χ3v) is 3.84. The molecular weight excluding hydrogens is 304 g/mol. The Hall–Kier alpha value is -1.59. The molecule has 1 N–H and O–H groups in total. The van der Waals surface area contributed by atoms with E-state index in [2.05, 4.69) is 5.32 Å². The molecule has 1 aliphatic heterocycles. The van der Waals surface area contributed by atoms with Gasteiger partial charge in [0.1, 0.15) is 0 Å². The molecule has 2 atom stereocenters. The van der Waals surface area contributed by atoms with Crippen molar-refractivity contribution < 1.29 is 14.3 Å². The van der Waals surface area contributed by atoms with Crippen molar-refractivity contribution in [3.8, 4) is 0 Å². The van der Waals surface area contributed by atoms with Gasteiger partial charge in [-0.3, -0.25) is 9.59 Å². The number of benzene rings is 1. The van der Waals surface area contributed by atoms with E-state index in [0.29, 0.717) is 30.2 Å². The molecule has 1 aliphatic rings. The number of rotatable bonds is 4. The van der Waals surface area contributed by atoms with Gasteiger partial charge in [-0.25, -0.2) is 0 Å². The van der Waals surface area contributed by atoms with Gasteiger partial charge in [-0.2, -0.15) is 0 Å². The van der Waals surface area contributed by atoms with E-state index in [1.54, 1.807) is 29.2 Å². The number of morpholine rings is 1. The number of nitrogens with one attached hydrogen (secondary N) is 1. The predicted molar refractivity (Wildman–Crippen MR) is 85.0 cm³/mol. The summed E-state index contributed by atoms with van der Waals surface area (Å²) >= 11 is 5.96. The average Bonchev–Trinajstić information content (AvgIpc) is 2.46. The summed E-state index contributed by atoms with van der Waals surface area (Å²) in [6, 6.07) is 6.84. The van der Waals surface area contributed by atoms with Crippen molar-refractivity contribution >= 4 is 23.4 Å². The third kappa shape index (κ3) is 4.45. The smallest absolute Gasteiger partial charge is 0.252 e. The number of halogens is 1. The van der Waals surface area contributed by atoms with Crippen LogP contribution in [0.4, 0.5) is 0 Å². The summed E-state index contributed by atoms with van der Waals surface area (Å²) in [4.78, 5) is 25.9. The van der Waals surface area contributed by atoms with Crippen LogP contribution in [0.25, 0.3) is 0 Å². The summed E-state index contributed by atoms with van der Waals surface area (Å²) in [5.74, 6) is -0.233. The standard InChI is InChI=1S/C16H21ClN2O3/c1-11-9-19(10-12(2)22-11)15(20)7-8-18-16(21)13-5-3-4-6-14(13)17/h3-6,11-12H,7-10H2,1-2H3,(H,18,21)/t11-,12-/m0/s1. The van der Waals surface area contributed by atoms with Gasteiger partial charge < -0.3 is 15.0 Å². The largest absolute Gasteiger partial charge is 0.372 e. The molecule has 1 saturated heterocycles. The average molecular weight is 325 g/mol. The van der Waals surface area contributed by atoms with Gasteiger partial charge in [0.2, 0.25) is 5.91 Å². The van der Waals surface area contributed by atoms with Gasteiger partial charge in [-0.15, -0.1) is 0 Å². The van der Waals surface area contributed by atoms with E-state index < -0.39 is 0 Å². The Labute approximate surface area is 135 Å². The molecule has 22 heavy (non-hydrogen) atoms. The highest BCUT2D eigenvalue weighted by Gasteiger charge is 2.25. The normalized spacial score (nSPS) is 21.5. The molecule has 6 heteroatoms. The molecule has 1 heterocycles. The topological polar surface area (TPSA) is 58.6 Å². The Bertz CT molecular complexity index is 540. The van der Waals surface area contributed by atoms with Gasteiger partial charge in [-0.05, 0) is 26.0 Å². The predicted octanol–water partition coefficient (Wildman–Crippen LogP) is 2.10. The molecule has 2 rings (SSSR count). The fraction of sp³-hybridized carbons (Fsp3) is 0.500. The minimum atomic E-state index is -0.262. The lowest BCUT2D eigenvalue weighted by molar-refractivity contribution is -0.143. The summed E-state index contributed by atoms with van der Waals surface area (Å²) < 4.78 is 5.60. The Morgan fingerprint density at radius 3 is 2.55 bits per heavy atom. The van der Waals surface area contributed by atoms with Crippen molar-refractivity contribution in [2.75, 3.05) is 19.6 Å². The first-order valence-electron chi connectivity index (χ1n) is 7.43. The number of ether oxygens (including phenoxy) is 1. The molecule has 0 aromatic heterocycles. The van der Waals surface area contributed by atoms with Crippen LogP contribution in [0.1, 0.15) is 30.6 Å². The first kappa shape index (κ1) is 16.8. The minimum absolute atomic E-state index is 0.0291. The fourth-order valence-corrected chi connectivity index (χ4v) is 2.78. The van der Waals surface area contributed by atoms with Gasteiger partial charge in [-0.1, -0.05) is 23.7 Å². The highest BCUT2D eigenvalue weighted by Crippen LogP contribution is 2.14. The highest BCUT2D eigenvalue weighted by atomic mass is 35.5. The highest BCUT2D eigenvalue weighted by molar-refractivity contribution is 6.33. The first-order chi connectivity index (χ1) is 10.5. The van der Waals surface area contributed by atoms with Crippen LogP contribution in [0.15, 0.2) is 24.3 Å². The van der Waals surface area contributed by atoms with Crippen LogP contribution in [0, 0.1) is 0 Å². The summed E-state index contributed by atoms with van der Waals surface area (Å²) in [7, 11) is 0. The second kappa shape index (κ2) is 7.61. The minimum Gasteiger partial charge on any atom is -0.372 e. The van der Waals surface area contributed by atoms with Gasteiger partial charge in [0.05, 0.1) is 22.8 Å². The van der Waals surface area contributed by atoms with Crippen LogP contribution >= 0.6 is 11.6 Å². The van der Waals surface area contributed by atoms with Crippen LogP contribution in [-0.2, 0) is 9.53 Å². The lowest BCUT2D eigenvalue weighted by Crippen LogP contribution is -2.48. The maximum Gasteiger partial charge on any atom is 0.252 e. The zero-order valence-corrected chi connectivity index (χ0v) is 13.6. The Kier molecular flexibility index (Phi) is 5.80. The van der Waals surface area contributed by atoms with Gasteiger partial charge in [0.15, 0.2) is 0 Å². The Balaban J connectivity index is 1.80. The van der Waals surface area contributed by atoms with Crippen molar-refractivity contribution in [1.29, 1.82) is 0 Å². The van der Waals surface area contributed by atoms with Gasteiger partial charge >= 0.3 is 0 Å². The Morgan fingerprint density at radius 1 is 1.27 bits per heavy atom. The molecule has 0 saturated carbocycles. The SMILES string of the molecule is C[C@H]1CN(C(=O)CCNC(=O)c2ccccc2Cl)C[C@H](C)O1. The molecule has 5 nitrogen and oxygen atoms in total. The van der Waals surface area contributed by atoms with E-state index in [0.717, 1.165) is 0 Å². The number of amides is 2.